The minimum atomic E-state index is -0.897. The lowest BCUT2D eigenvalue weighted by molar-refractivity contribution is 0.573. The fourth-order valence-electron chi connectivity index (χ4n) is 2.54. The third-order valence-corrected chi connectivity index (χ3v) is 7.50. The van der Waals surface area contributed by atoms with Crippen molar-refractivity contribution in [2.24, 2.45) is 0 Å². The van der Waals surface area contributed by atoms with E-state index in [2.05, 4.69) is 87.5 Å². The molecule has 126 valence electrons. The summed E-state index contributed by atoms with van der Waals surface area (Å²) in [5, 5.41) is 1.60. The van der Waals surface area contributed by atoms with Crippen molar-refractivity contribution in [3.05, 3.63) is 28.8 Å². The Morgan fingerprint density at radius 2 is 1.18 bits per heavy atom. The molecule has 0 fully saturated rings. The van der Waals surface area contributed by atoms with E-state index in [0.29, 0.717) is 5.92 Å². The topological polar surface area (TPSA) is 0 Å². The first-order valence-electron chi connectivity index (χ1n) is 8.36. The number of rotatable bonds is 2. The van der Waals surface area contributed by atoms with Gasteiger partial charge in [-0.2, -0.15) is 0 Å². The van der Waals surface area contributed by atoms with Gasteiger partial charge in [0.25, 0.3) is 0 Å². The van der Waals surface area contributed by atoms with E-state index in [4.69, 9.17) is 0 Å². The van der Waals surface area contributed by atoms with Gasteiger partial charge in [0, 0.05) is 5.30 Å². The molecule has 0 atom stereocenters. The van der Waals surface area contributed by atoms with Gasteiger partial charge in [0.2, 0.25) is 0 Å². The van der Waals surface area contributed by atoms with Crippen LogP contribution in [0.2, 0.25) is 0 Å². The molecule has 0 bridgehead atoms. The molecule has 0 amide bonds. The molecule has 0 spiro atoms. The fourth-order valence-corrected chi connectivity index (χ4v) is 6.60. The van der Waals surface area contributed by atoms with Crippen molar-refractivity contribution in [2.45, 2.75) is 72.1 Å². The van der Waals surface area contributed by atoms with Crippen molar-refractivity contribution in [1.82, 2.24) is 0 Å². The van der Waals surface area contributed by atoms with Crippen LogP contribution < -0.4 is 5.30 Å². The quantitative estimate of drug-likeness (QED) is 0.520. The molecule has 0 aliphatic carbocycles. The van der Waals surface area contributed by atoms with E-state index < -0.39 is 6.55 Å². The molecule has 2 heteroatoms. The van der Waals surface area contributed by atoms with Crippen molar-refractivity contribution in [3.63, 3.8) is 0 Å². The van der Waals surface area contributed by atoms with Crippen molar-refractivity contribution >= 4 is 19.7 Å². The zero-order valence-electron chi connectivity index (χ0n) is 16.6. The van der Waals surface area contributed by atoms with E-state index in [-0.39, 0.29) is 10.8 Å². The summed E-state index contributed by atoms with van der Waals surface area (Å²) in [7, 11) is 1.55. The van der Waals surface area contributed by atoms with Gasteiger partial charge < -0.3 is 0 Å². The van der Waals surface area contributed by atoms with Gasteiger partial charge in [-0.25, -0.2) is 0 Å². The smallest absolute Gasteiger partial charge is 0.00907 e. The molecule has 22 heavy (non-hydrogen) atoms. The average Bonchev–Trinajstić information content (AvgIpc) is 2.23. The second-order valence-corrected chi connectivity index (χ2v) is 18.4. The molecule has 1 aromatic rings. The van der Waals surface area contributed by atoms with E-state index in [1.165, 1.54) is 5.56 Å². The van der Waals surface area contributed by atoms with Crippen LogP contribution in [0, 0.1) is 0 Å². The standard InChI is InChI=1S/C20H36P2/c1-14(2)15-12-16(19(3,4)5)18(21-22(9,10)11)17(13-15)20(6,7)8/h12-14H,1-11H3. The molecule has 0 heterocycles. The minimum absolute atomic E-state index is 0.197. The van der Waals surface area contributed by atoms with Crippen molar-refractivity contribution < 1.29 is 0 Å². The molecule has 1 rings (SSSR count). The summed E-state index contributed by atoms with van der Waals surface area (Å²) in [6, 6.07) is 4.97. The van der Waals surface area contributed by atoms with Crippen LogP contribution >= 0.6 is 14.4 Å². The highest BCUT2D eigenvalue weighted by Crippen LogP contribution is 2.47. The maximum atomic E-state index is 2.48. The molecule has 0 aromatic heterocycles. The summed E-state index contributed by atoms with van der Waals surface area (Å²) in [6.45, 7) is 25.2. The first kappa shape index (κ1) is 20.0. The van der Waals surface area contributed by atoms with Crippen molar-refractivity contribution in [2.75, 3.05) is 20.0 Å². The number of hydrogen-bond acceptors (Lipinski definition) is 0. The van der Waals surface area contributed by atoms with Crippen LogP contribution in [0.25, 0.3) is 0 Å². The molecular formula is C20H36P2. The van der Waals surface area contributed by atoms with E-state index in [0.717, 1.165) is 0 Å². The largest absolute Gasteiger partial charge is 0.0864 e. The molecule has 0 N–H and O–H groups in total. The third-order valence-electron chi connectivity index (χ3n) is 3.81. The Bertz CT molecular complexity index is 544. The third kappa shape index (κ3) is 5.25. The number of benzene rings is 1. The van der Waals surface area contributed by atoms with Gasteiger partial charge in [0.1, 0.15) is 0 Å². The van der Waals surface area contributed by atoms with Gasteiger partial charge in [0.15, 0.2) is 0 Å². The van der Waals surface area contributed by atoms with Crippen LogP contribution in [-0.2, 0) is 10.8 Å². The minimum Gasteiger partial charge on any atom is -0.0864 e. The Morgan fingerprint density at radius 1 is 0.818 bits per heavy atom. The SMILES string of the molecule is CC(C)c1cc(C(C)(C)C)c(P=P(C)(C)C)c(C(C)(C)C)c1. The first-order valence-corrected chi connectivity index (χ1v) is 13.1. The predicted molar refractivity (Wildman–Crippen MR) is 109 cm³/mol. The summed E-state index contributed by atoms with van der Waals surface area (Å²) >= 11 is 0. The molecule has 0 saturated heterocycles. The van der Waals surface area contributed by atoms with Crippen LogP contribution in [0.3, 0.4) is 0 Å². The lowest BCUT2D eigenvalue weighted by Gasteiger charge is -2.31. The normalized spacial score (nSPS) is 14.0. The van der Waals surface area contributed by atoms with Crippen LogP contribution in [0.15, 0.2) is 12.1 Å². The first-order chi connectivity index (χ1) is 9.63. The summed E-state index contributed by atoms with van der Waals surface area (Å²) < 4.78 is 0. The van der Waals surface area contributed by atoms with Gasteiger partial charge in [-0.15, -0.1) is 0 Å². The Morgan fingerprint density at radius 3 is 1.41 bits per heavy atom. The van der Waals surface area contributed by atoms with E-state index in [1.807, 2.05) is 0 Å². The summed E-state index contributed by atoms with van der Waals surface area (Å²) in [4.78, 5) is 0. The second kappa shape index (κ2) is 6.45. The van der Waals surface area contributed by atoms with Crippen LogP contribution in [0.4, 0.5) is 0 Å². The molecule has 0 saturated carbocycles. The maximum Gasteiger partial charge on any atom is 0.00907 e. The van der Waals surface area contributed by atoms with Gasteiger partial charge >= 0.3 is 0 Å². The monoisotopic (exact) mass is 338 g/mol. The van der Waals surface area contributed by atoms with Gasteiger partial charge in [-0.3, -0.25) is 0 Å². The lowest BCUT2D eigenvalue weighted by Crippen LogP contribution is -2.28. The highest BCUT2D eigenvalue weighted by molar-refractivity contribution is 8.06. The second-order valence-electron chi connectivity index (χ2n) is 9.66. The highest BCUT2D eigenvalue weighted by Gasteiger charge is 2.26. The Balaban J connectivity index is 3.91. The average molecular weight is 338 g/mol. The zero-order chi connectivity index (χ0) is 17.5. The van der Waals surface area contributed by atoms with Crippen LogP contribution in [0.1, 0.15) is 78.0 Å². The fraction of sp³-hybridized carbons (Fsp3) is 0.700. The molecule has 0 aliphatic heterocycles. The van der Waals surface area contributed by atoms with Gasteiger partial charge in [-0.1, -0.05) is 81.9 Å². The summed E-state index contributed by atoms with van der Waals surface area (Å²) in [5.74, 6) is 0.581. The van der Waals surface area contributed by atoms with E-state index in [1.54, 1.807) is 24.3 Å². The van der Waals surface area contributed by atoms with Crippen LogP contribution in [0.5, 0.6) is 0 Å². The van der Waals surface area contributed by atoms with Crippen molar-refractivity contribution in [3.8, 4) is 0 Å². The molecule has 0 radical (unpaired) electrons. The molecule has 1 aromatic carbocycles. The van der Waals surface area contributed by atoms with Gasteiger partial charge in [0.05, 0.1) is 0 Å². The Hall–Kier alpha value is -0.0500. The Kier molecular flexibility index (Phi) is 5.86. The molecular weight excluding hydrogens is 302 g/mol. The summed E-state index contributed by atoms with van der Waals surface area (Å²) in [5.41, 5.74) is 4.99. The van der Waals surface area contributed by atoms with E-state index >= 15 is 0 Å². The van der Waals surface area contributed by atoms with Crippen molar-refractivity contribution in [1.29, 1.82) is 0 Å². The highest BCUT2D eigenvalue weighted by atomic mass is 31.8. The zero-order valence-corrected chi connectivity index (χ0v) is 18.4. The Labute approximate surface area is 141 Å². The molecule has 0 nitrogen and oxygen atoms in total. The predicted octanol–water partition coefficient (Wildman–Crippen LogP) is 6.80. The van der Waals surface area contributed by atoms with Crippen LogP contribution in [-0.4, -0.2) is 20.0 Å². The molecule has 0 unspecified atom stereocenters. The lowest BCUT2D eigenvalue weighted by atomic mass is 9.78. The van der Waals surface area contributed by atoms with Gasteiger partial charge in [-0.05, 0) is 53.4 Å². The van der Waals surface area contributed by atoms with E-state index in [9.17, 15) is 0 Å². The number of hydrogen-bond donors (Lipinski definition) is 0. The molecule has 0 aliphatic rings. The summed E-state index contributed by atoms with van der Waals surface area (Å²) in [6.07, 6.45) is 0. The maximum absolute atomic E-state index is 2.48.